The predicted molar refractivity (Wildman–Crippen MR) is 108 cm³/mol. The van der Waals surface area contributed by atoms with Crippen LogP contribution in [0.4, 0.5) is 0 Å². The smallest absolute Gasteiger partial charge is 0.191 e. The van der Waals surface area contributed by atoms with Crippen molar-refractivity contribution >= 4 is 35.6 Å². The molecule has 24 heavy (non-hydrogen) atoms. The third-order valence-corrected chi connectivity index (χ3v) is 5.07. The first-order chi connectivity index (χ1) is 11.3. The Hall–Kier alpha value is -1.38. The Kier molecular flexibility index (Phi) is 6.82. The molecule has 0 aliphatic heterocycles. The highest BCUT2D eigenvalue weighted by molar-refractivity contribution is 14.0. The highest BCUT2D eigenvalue weighted by atomic mass is 127. The summed E-state index contributed by atoms with van der Waals surface area (Å²) in [4.78, 5) is 4.33. The Morgan fingerprint density at radius 3 is 2.75 bits per heavy atom. The van der Waals surface area contributed by atoms with Crippen molar-refractivity contribution in [3.05, 3.63) is 30.2 Å². The van der Waals surface area contributed by atoms with Crippen LogP contribution in [0, 0.1) is 5.41 Å². The monoisotopic (exact) mass is 442 g/mol. The molecule has 2 aromatic rings. The highest BCUT2D eigenvalue weighted by Crippen LogP contribution is 2.40. The van der Waals surface area contributed by atoms with Crippen LogP contribution in [0.25, 0.3) is 5.65 Å². The standard InChI is InChI=1S/C17H26N6.HI/c1-3-17(9-5-6-10-17)13-20-16(18-2)19-12-15-22-21-14-8-4-7-11-23(14)15;/h4,7-8,11H,3,5-6,9-10,12-13H2,1-2H3,(H2,18,19,20);1H. The fourth-order valence-corrected chi connectivity index (χ4v) is 3.45. The van der Waals surface area contributed by atoms with Crippen molar-refractivity contribution in [1.29, 1.82) is 0 Å². The van der Waals surface area contributed by atoms with Gasteiger partial charge in [0, 0.05) is 19.8 Å². The second kappa shape index (κ2) is 8.64. The van der Waals surface area contributed by atoms with E-state index in [1.165, 1.54) is 32.1 Å². The Morgan fingerprint density at radius 1 is 1.25 bits per heavy atom. The molecule has 132 valence electrons. The molecule has 7 heteroatoms. The second-order valence-electron chi connectivity index (χ2n) is 6.39. The van der Waals surface area contributed by atoms with Gasteiger partial charge >= 0.3 is 0 Å². The van der Waals surface area contributed by atoms with Crippen molar-refractivity contribution in [1.82, 2.24) is 25.2 Å². The van der Waals surface area contributed by atoms with Gasteiger partial charge in [0.2, 0.25) is 0 Å². The van der Waals surface area contributed by atoms with Gasteiger partial charge in [0.15, 0.2) is 17.4 Å². The molecule has 0 radical (unpaired) electrons. The third-order valence-electron chi connectivity index (χ3n) is 5.07. The topological polar surface area (TPSA) is 66.6 Å². The van der Waals surface area contributed by atoms with Gasteiger partial charge in [0.05, 0.1) is 6.54 Å². The Bertz CT molecular complexity index is 675. The lowest BCUT2D eigenvalue weighted by Gasteiger charge is -2.28. The molecule has 0 atom stereocenters. The molecular weight excluding hydrogens is 415 g/mol. The SMILES string of the molecule is CCC1(CNC(=NC)NCc2nnc3ccccn23)CCCC1.I. The number of rotatable bonds is 5. The molecule has 0 spiro atoms. The van der Waals surface area contributed by atoms with Gasteiger partial charge in [-0.15, -0.1) is 34.2 Å². The van der Waals surface area contributed by atoms with E-state index in [-0.39, 0.29) is 24.0 Å². The number of pyridine rings is 1. The summed E-state index contributed by atoms with van der Waals surface area (Å²) in [6.07, 6.45) is 8.56. The molecule has 2 N–H and O–H groups in total. The van der Waals surface area contributed by atoms with Gasteiger partial charge in [-0.25, -0.2) is 0 Å². The molecule has 0 bridgehead atoms. The average Bonchev–Trinajstić information content (AvgIpc) is 3.23. The number of nitrogens with zero attached hydrogens (tertiary/aromatic N) is 4. The summed E-state index contributed by atoms with van der Waals surface area (Å²) in [5.41, 5.74) is 1.31. The number of halogens is 1. The number of aromatic nitrogens is 3. The van der Waals surface area contributed by atoms with Crippen LogP contribution in [0.2, 0.25) is 0 Å². The molecule has 0 amide bonds. The first-order valence-electron chi connectivity index (χ1n) is 8.49. The number of fused-ring (bicyclic) bond motifs is 1. The van der Waals surface area contributed by atoms with Crippen molar-refractivity contribution in [2.45, 2.75) is 45.6 Å². The van der Waals surface area contributed by atoms with Crippen LogP contribution in [0.15, 0.2) is 29.4 Å². The van der Waals surface area contributed by atoms with Crippen LogP contribution < -0.4 is 10.6 Å². The summed E-state index contributed by atoms with van der Waals surface area (Å²) in [5.74, 6) is 1.71. The van der Waals surface area contributed by atoms with Gasteiger partial charge < -0.3 is 10.6 Å². The van der Waals surface area contributed by atoms with Gasteiger partial charge in [-0.05, 0) is 36.8 Å². The fraction of sp³-hybridized carbons (Fsp3) is 0.588. The number of nitrogens with one attached hydrogen (secondary N) is 2. The van der Waals surface area contributed by atoms with E-state index < -0.39 is 0 Å². The van der Waals surface area contributed by atoms with Gasteiger partial charge in [0.25, 0.3) is 0 Å². The van der Waals surface area contributed by atoms with Crippen LogP contribution >= 0.6 is 24.0 Å². The van der Waals surface area contributed by atoms with E-state index in [1.54, 1.807) is 0 Å². The quantitative estimate of drug-likeness (QED) is 0.425. The maximum atomic E-state index is 4.33. The zero-order chi connectivity index (χ0) is 16.1. The summed E-state index contributed by atoms with van der Waals surface area (Å²) in [5, 5.41) is 15.2. The summed E-state index contributed by atoms with van der Waals surface area (Å²) in [6.45, 7) is 3.89. The molecular formula is C17H27IN6. The predicted octanol–water partition coefficient (Wildman–Crippen LogP) is 2.98. The number of hydrogen-bond donors (Lipinski definition) is 2. The molecule has 1 saturated carbocycles. The summed E-state index contributed by atoms with van der Waals surface area (Å²) in [7, 11) is 1.81. The largest absolute Gasteiger partial charge is 0.356 e. The van der Waals surface area contributed by atoms with E-state index in [1.807, 2.05) is 35.8 Å². The molecule has 1 aliphatic rings. The Labute approximate surface area is 160 Å². The van der Waals surface area contributed by atoms with Gasteiger partial charge in [-0.2, -0.15) is 0 Å². The summed E-state index contributed by atoms with van der Waals surface area (Å²) >= 11 is 0. The third kappa shape index (κ3) is 4.17. The van der Waals surface area contributed by atoms with E-state index in [0.717, 1.165) is 24.0 Å². The highest BCUT2D eigenvalue weighted by Gasteiger charge is 2.31. The lowest BCUT2D eigenvalue weighted by molar-refractivity contribution is 0.283. The Balaban J connectivity index is 0.00000208. The first kappa shape index (κ1) is 19.0. The van der Waals surface area contributed by atoms with Crippen LogP contribution in [0.3, 0.4) is 0 Å². The minimum atomic E-state index is 0. The van der Waals surface area contributed by atoms with E-state index in [0.29, 0.717) is 12.0 Å². The minimum absolute atomic E-state index is 0. The van der Waals surface area contributed by atoms with Crippen molar-refractivity contribution < 1.29 is 0 Å². The van der Waals surface area contributed by atoms with Crippen LogP contribution in [-0.2, 0) is 6.54 Å². The molecule has 0 aromatic carbocycles. The lowest BCUT2D eigenvalue weighted by Crippen LogP contribution is -2.42. The molecule has 2 aromatic heterocycles. The molecule has 1 aliphatic carbocycles. The maximum Gasteiger partial charge on any atom is 0.191 e. The number of aliphatic imine (C=N–C) groups is 1. The number of guanidine groups is 1. The maximum absolute atomic E-state index is 4.33. The van der Waals surface area contributed by atoms with E-state index in [4.69, 9.17) is 0 Å². The van der Waals surface area contributed by atoms with Crippen LogP contribution in [-0.4, -0.2) is 34.2 Å². The van der Waals surface area contributed by atoms with E-state index in [9.17, 15) is 0 Å². The molecule has 1 fully saturated rings. The van der Waals surface area contributed by atoms with Crippen LogP contribution in [0.5, 0.6) is 0 Å². The molecule has 2 heterocycles. The van der Waals surface area contributed by atoms with Crippen molar-refractivity contribution in [3.63, 3.8) is 0 Å². The van der Waals surface area contributed by atoms with Crippen molar-refractivity contribution in [2.75, 3.05) is 13.6 Å². The summed E-state index contributed by atoms with van der Waals surface area (Å²) in [6, 6.07) is 5.90. The normalized spacial score (nSPS) is 16.8. The van der Waals surface area contributed by atoms with Crippen molar-refractivity contribution in [2.24, 2.45) is 10.4 Å². The summed E-state index contributed by atoms with van der Waals surface area (Å²) < 4.78 is 1.99. The van der Waals surface area contributed by atoms with Gasteiger partial charge in [0.1, 0.15) is 0 Å². The van der Waals surface area contributed by atoms with E-state index in [2.05, 4.69) is 32.7 Å². The van der Waals surface area contributed by atoms with E-state index >= 15 is 0 Å². The molecule has 0 saturated heterocycles. The zero-order valence-electron chi connectivity index (χ0n) is 14.5. The zero-order valence-corrected chi connectivity index (χ0v) is 16.8. The van der Waals surface area contributed by atoms with Crippen molar-refractivity contribution in [3.8, 4) is 0 Å². The van der Waals surface area contributed by atoms with Crippen LogP contribution in [0.1, 0.15) is 44.9 Å². The molecule has 0 unspecified atom stereocenters. The molecule has 3 rings (SSSR count). The van der Waals surface area contributed by atoms with Gasteiger partial charge in [-0.3, -0.25) is 9.39 Å². The minimum Gasteiger partial charge on any atom is -0.356 e. The first-order valence-corrected chi connectivity index (χ1v) is 8.49. The fourth-order valence-electron chi connectivity index (χ4n) is 3.45. The second-order valence-corrected chi connectivity index (χ2v) is 6.39. The van der Waals surface area contributed by atoms with Gasteiger partial charge in [-0.1, -0.05) is 25.8 Å². The lowest BCUT2D eigenvalue weighted by atomic mass is 9.83. The molecule has 6 nitrogen and oxygen atoms in total. The Morgan fingerprint density at radius 2 is 2.04 bits per heavy atom. The number of hydrogen-bond acceptors (Lipinski definition) is 3. The average molecular weight is 442 g/mol.